The minimum Gasteiger partial charge on any atom is -0.506 e. The molecule has 0 atom stereocenters. The van der Waals surface area contributed by atoms with Gasteiger partial charge in [-0.3, -0.25) is 4.79 Å². The highest BCUT2D eigenvalue weighted by molar-refractivity contribution is 5.95. The maximum absolute atomic E-state index is 11.6. The number of benzene rings is 1. The van der Waals surface area contributed by atoms with Crippen LogP contribution in [0.25, 0.3) is 0 Å². The number of aromatic hydroxyl groups is 1. The summed E-state index contributed by atoms with van der Waals surface area (Å²) < 4.78 is 4.98. The first kappa shape index (κ1) is 13.3. The lowest BCUT2D eigenvalue weighted by Gasteiger charge is -2.06. The quantitative estimate of drug-likeness (QED) is 0.311. The molecule has 1 aromatic rings. The maximum atomic E-state index is 11.6. The molecule has 6 nitrogen and oxygen atoms in total. The van der Waals surface area contributed by atoms with Crippen molar-refractivity contribution in [1.82, 2.24) is 5.32 Å². The summed E-state index contributed by atoms with van der Waals surface area (Å²) >= 11 is 0. The normalized spacial score (nSPS) is 10.2. The van der Waals surface area contributed by atoms with Gasteiger partial charge in [0.2, 0.25) is 0 Å². The van der Waals surface area contributed by atoms with E-state index in [1.54, 1.807) is 0 Å². The summed E-state index contributed by atoms with van der Waals surface area (Å²) in [5.74, 6) is -0.429. The second kappa shape index (κ2) is 6.72. The van der Waals surface area contributed by atoms with Gasteiger partial charge in [0.1, 0.15) is 5.75 Å². The molecule has 0 saturated carbocycles. The van der Waals surface area contributed by atoms with E-state index in [0.29, 0.717) is 18.7 Å². The van der Waals surface area contributed by atoms with Gasteiger partial charge in [-0.05, 0) is 18.2 Å². The Bertz CT molecular complexity index is 382. The molecule has 1 aromatic carbocycles. The second-order valence-electron chi connectivity index (χ2n) is 3.37. The summed E-state index contributed by atoms with van der Waals surface area (Å²) in [7, 11) is 0. The lowest BCUT2D eigenvalue weighted by molar-refractivity contribution is 0.0838. The zero-order chi connectivity index (χ0) is 12.7. The zero-order valence-corrected chi connectivity index (χ0v) is 9.35. The summed E-state index contributed by atoms with van der Waals surface area (Å²) in [6, 6.07) is 4.30. The van der Waals surface area contributed by atoms with Gasteiger partial charge >= 0.3 is 0 Å². The topological polar surface area (TPSA) is 105 Å². The van der Waals surface area contributed by atoms with Crippen molar-refractivity contribution in [2.45, 2.75) is 0 Å². The van der Waals surface area contributed by atoms with Gasteiger partial charge in [0.05, 0.1) is 25.5 Å². The second-order valence-corrected chi connectivity index (χ2v) is 3.37. The molecular weight excluding hydrogens is 224 g/mol. The fourth-order valence-corrected chi connectivity index (χ4v) is 1.19. The Morgan fingerprint density at radius 1 is 1.41 bits per heavy atom. The molecular formula is C11H16N2O4. The smallest absolute Gasteiger partial charge is 0.251 e. The molecule has 0 fully saturated rings. The number of aliphatic hydroxyl groups excluding tert-OH is 1. The first-order chi connectivity index (χ1) is 8.15. The van der Waals surface area contributed by atoms with Gasteiger partial charge in [-0.15, -0.1) is 0 Å². The van der Waals surface area contributed by atoms with E-state index in [0.717, 1.165) is 0 Å². The van der Waals surface area contributed by atoms with E-state index in [-0.39, 0.29) is 30.6 Å². The Labute approximate surface area is 99.0 Å². The standard InChI is InChI=1S/C11H16N2O4/c12-9-2-1-8(7-10(9)15)11(16)13-3-5-17-6-4-14/h1-2,7,14-15H,3-6,12H2,(H,13,16). The summed E-state index contributed by atoms with van der Waals surface area (Å²) in [4.78, 5) is 11.6. The molecule has 0 aliphatic carbocycles. The van der Waals surface area contributed by atoms with Crippen LogP contribution in [0.4, 0.5) is 5.69 Å². The number of hydrogen-bond acceptors (Lipinski definition) is 5. The van der Waals surface area contributed by atoms with Crippen LogP contribution in [-0.2, 0) is 4.74 Å². The van der Waals surface area contributed by atoms with Crippen LogP contribution in [0.5, 0.6) is 5.75 Å². The van der Waals surface area contributed by atoms with Gasteiger partial charge < -0.3 is 26.0 Å². The fourth-order valence-electron chi connectivity index (χ4n) is 1.19. The van der Waals surface area contributed by atoms with Crippen molar-refractivity contribution in [3.05, 3.63) is 23.8 Å². The van der Waals surface area contributed by atoms with Gasteiger partial charge in [-0.25, -0.2) is 0 Å². The van der Waals surface area contributed by atoms with Gasteiger partial charge in [0, 0.05) is 12.1 Å². The third kappa shape index (κ3) is 4.29. The van der Waals surface area contributed by atoms with Crippen LogP contribution in [-0.4, -0.2) is 42.5 Å². The number of carbonyl (C=O) groups excluding carboxylic acids is 1. The summed E-state index contributed by atoms with van der Waals surface area (Å²) in [5, 5.41) is 20.4. The van der Waals surface area contributed by atoms with E-state index in [9.17, 15) is 9.90 Å². The average Bonchev–Trinajstić information content (AvgIpc) is 2.32. The average molecular weight is 240 g/mol. The van der Waals surface area contributed by atoms with E-state index in [1.165, 1.54) is 18.2 Å². The third-order valence-corrected chi connectivity index (χ3v) is 2.06. The van der Waals surface area contributed by atoms with Crippen molar-refractivity contribution < 1.29 is 19.7 Å². The number of rotatable bonds is 6. The fraction of sp³-hybridized carbons (Fsp3) is 0.364. The highest BCUT2D eigenvalue weighted by atomic mass is 16.5. The van der Waals surface area contributed by atoms with Gasteiger partial charge in [-0.2, -0.15) is 0 Å². The Kier molecular flexibility index (Phi) is 5.25. The summed E-state index contributed by atoms with van der Waals surface area (Å²) in [5.41, 5.74) is 5.98. The predicted octanol–water partition coefficient (Wildman–Crippen LogP) is -0.287. The third-order valence-electron chi connectivity index (χ3n) is 2.06. The minimum atomic E-state index is -0.312. The Balaban J connectivity index is 2.39. The van der Waals surface area contributed by atoms with Crippen LogP contribution in [0, 0.1) is 0 Å². The van der Waals surface area contributed by atoms with Gasteiger partial charge in [0.25, 0.3) is 5.91 Å². The largest absolute Gasteiger partial charge is 0.506 e. The van der Waals surface area contributed by atoms with Crippen molar-refractivity contribution in [2.24, 2.45) is 0 Å². The minimum absolute atomic E-state index is 0.0419. The number of nitrogens with two attached hydrogens (primary N) is 1. The van der Waals surface area contributed by atoms with E-state index >= 15 is 0 Å². The Hall–Kier alpha value is -1.79. The number of amides is 1. The Morgan fingerprint density at radius 2 is 2.18 bits per heavy atom. The van der Waals surface area contributed by atoms with E-state index in [4.69, 9.17) is 15.6 Å². The molecule has 0 spiro atoms. The first-order valence-electron chi connectivity index (χ1n) is 5.20. The molecule has 6 heteroatoms. The molecule has 0 aromatic heterocycles. The van der Waals surface area contributed by atoms with Crippen molar-refractivity contribution >= 4 is 11.6 Å². The number of phenolic OH excluding ortho intramolecular Hbond substituents is 1. The van der Waals surface area contributed by atoms with Crippen molar-refractivity contribution in [3.8, 4) is 5.75 Å². The molecule has 0 radical (unpaired) electrons. The molecule has 5 N–H and O–H groups in total. The molecule has 1 rings (SSSR count). The van der Waals surface area contributed by atoms with Crippen LogP contribution in [0.1, 0.15) is 10.4 Å². The van der Waals surface area contributed by atoms with Crippen LogP contribution in [0.3, 0.4) is 0 Å². The lowest BCUT2D eigenvalue weighted by Crippen LogP contribution is -2.27. The highest BCUT2D eigenvalue weighted by Gasteiger charge is 2.06. The molecule has 0 unspecified atom stereocenters. The number of hydrogen-bond donors (Lipinski definition) is 4. The van der Waals surface area contributed by atoms with Crippen LogP contribution >= 0.6 is 0 Å². The number of ether oxygens (including phenoxy) is 1. The molecule has 17 heavy (non-hydrogen) atoms. The lowest BCUT2D eigenvalue weighted by atomic mass is 10.2. The summed E-state index contributed by atoms with van der Waals surface area (Å²) in [6.45, 7) is 0.871. The summed E-state index contributed by atoms with van der Waals surface area (Å²) in [6.07, 6.45) is 0. The number of aliphatic hydroxyl groups is 1. The number of nitrogen functional groups attached to an aromatic ring is 1. The maximum Gasteiger partial charge on any atom is 0.251 e. The molecule has 94 valence electrons. The van der Waals surface area contributed by atoms with Crippen LogP contribution in [0.15, 0.2) is 18.2 Å². The number of nitrogens with one attached hydrogen (secondary N) is 1. The van der Waals surface area contributed by atoms with Gasteiger partial charge in [0.15, 0.2) is 0 Å². The number of anilines is 1. The zero-order valence-electron chi connectivity index (χ0n) is 9.35. The molecule has 1 amide bonds. The van der Waals surface area contributed by atoms with E-state index in [2.05, 4.69) is 5.32 Å². The molecule has 0 bridgehead atoms. The monoisotopic (exact) mass is 240 g/mol. The SMILES string of the molecule is Nc1ccc(C(=O)NCCOCCO)cc1O. The van der Waals surface area contributed by atoms with Crippen LogP contribution < -0.4 is 11.1 Å². The number of phenols is 1. The van der Waals surface area contributed by atoms with Gasteiger partial charge in [-0.1, -0.05) is 0 Å². The van der Waals surface area contributed by atoms with E-state index < -0.39 is 0 Å². The van der Waals surface area contributed by atoms with E-state index in [1.807, 2.05) is 0 Å². The molecule has 0 aliphatic rings. The molecule has 0 saturated heterocycles. The number of carbonyl (C=O) groups is 1. The molecule has 0 aliphatic heterocycles. The van der Waals surface area contributed by atoms with Crippen LogP contribution in [0.2, 0.25) is 0 Å². The predicted molar refractivity (Wildman–Crippen MR) is 62.8 cm³/mol. The molecule has 0 heterocycles. The van der Waals surface area contributed by atoms with Crippen molar-refractivity contribution in [3.63, 3.8) is 0 Å². The first-order valence-corrected chi connectivity index (χ1v) is 5.20. The highest BCUT2D eigenvalue weighted by Crippen LogP contribution is 2.20. The Morgan fingerprint density at radius 3 is 2.82 bits per heavy atom. The van der Waals surface area contributed by atoms with Crippen molar-refractivity contribution in [1.29, 1.82) is 0 Å². The van der Waals surface area contributed by atoms with Crippen molar-refractivity contribution in [2.75, 3.05) is 32.1 Å².